The molecule has 1 amide bonds. The van der Waals surface area contributed by atoms with Crippen molar-refractivity contribution in [1.29, 1.82) is 0 Å². The van der Waals surface area contributed by atoms with Gasteiger partial charge >= 0.3 is 0 Å². The average Bonchev–Trinajstić information content (AvgIpc) is 2.44. The van der Waals surface area contributed by atoms with Crippen LogP contribution in [-0.4, -0.2) is 36.0 Å². The van der Waals surface area contributed by atoms with Gasteiger partial charge in [0.1, 0.15) is 17.5 Å². The highest BCUT2D eigenvalue weighted by Gasteiger charge is 2.12. The normalized spacial score (nSPS) is 10.5. The van der Waals surface area contributed by atoms with Gasteiger partial charge in [0.25, 0.3) is 0 Å². The van der Waals surface area contributed by atoms with E-state index in [0.29, 0.717) is 24.0 Å². The third-order valence-corrected chi connectivity index (χ3v) is 2.74. The monoisotopic (exact) mass is 280 g/mol. The summed E-state index contributed by atoms with van der Waals surface area (Å²) in [6.07, 6.45) is 0.918. The molecular formula is C13H24N6O. The highest BCUT2D eigenvalue weighted by Crippen LogP contribution is 2.18. The van der Waals surface area contributed by atoms with Gasteiger partial charge in [-0.25, -0.2) is 15.8 Å². The smallest absolute Gasteiger partial charge is 0.239 e. The average molecular weight is 280 g/mol. The number of nitrogens with zero attached hydrogens (tertiary/aromatic N) is 3. The minimum atomic E-state index is -0.0266. The lowest BCUT2D eigenvalue weighted by molar-refractivity contribution is -0.119. The van der Waals surface area contributed by atoms with Crippen molar-refractivity contribution in [2.24, 2.45) is 5.84 Å². The van der Waals surface area contributed by atoms with E-state index in [-0.39, 0.29) is 18.4 Å². The van der Waals surface area contributed by atoms with Crippen LogP contribution in [-0.2, 0) is 4.79 Å². The molecule has 0 radical (unpaired) electrons. The number of hydrogen-bond donors (Lipinski definition) is 3. The molecular weight excluding hydrogens is 256 g/mol. The number of nitrogens with one attached hydrogen (secondary N) is 2. The molecule has 0 saturated heterocycles. The number of carbonyl (C=O) groups excluding carboxylic acids is 1. The van der Waals surface area contributed by atoms with Crippen LogP contribution in [0.3, 0.4) is 0 Å². The fourth-order valence-corrected chi connectivity index (χ4v) is 1.60. The van der Waals surface area contributed by atoms with Crippen LogP contribution in [0, 0.1) is 0 Å². The van der Waals surface area contributed by atoms with Crippen LogP contribution < -0.4 is 21.5 Å². The third kappa shape index (κ3) is 4.65. The molecule has 0 aromatic carbocycles. The van der Waals surface area contributed by atoms with Crippen molar-refractivity contribution in [1.82, 2.24) is 15.3 Å². The molecule has 1 aromatic heterocycles. The highest BCUT2D eigenvalue weighted by molar-refractivity contribution is 5.80. The summed E-state index contributed by atoms with van der Waals surface area (Å²) < 4.78 is 0. The first-order valence-corrected chi connectivity index (χ1v) is 6.81. The topological polar surface area (TPSA) is 96.2 Å². The van der Waals surface area contributed by atoms with Gasteiger partial charge in [-0.2, -0.15) is 0 Å². The molecule has 7 heteroatoms. The summed E-state index contributed by atoms with van der Waals surface area (Å²) in [4.78, 5) is 22.2. The van der Waals surface area contributed by atoms with Gasteiger partial charge in [-0.3, -0.25) is 4.79 Å². The van der Waals surface area contributed by atoms with Gasteiger partial charge in [-0.05, 0) is 6.42 Å². The molecule has 0 spiro atoms. The lowest BCUT2D eigenvalue weighted by atomic mass is 10.2. The maximum Gasteiger partial charge on any atom is 0.239 e. The zero-order valence-corrected chi connectivity index (χ0v) is 12.6. The standard InChI is InChI=1S/C13H24N6O/c1-5-6-15-12(20)8-19(4)11-7-10(18-14)16-13(17-11)9(2)3/h7,9H,5-6,8,14H2,1-4H3,(H,15,20)(H,16,17,18). The highest BCUT2D eigenvalue weighted by atomic mass is 16.2. The van der Waals surface area contributed by atoms with Crippen LogP contribution in [0.5, 0.6) is 0 Å². The van der Waals surface area contributed by atoms with E-state index in [4.69, 9.17) is 5.84 Å². The summed E-state index contributed by atoms with van der Waals surface area (Å²) in [5, 5.41) is 2.83. The molecule has 1 aromatic rings. The Labute approximate surface area is 119 Å². The number of amides is 1. The van der Waals surface area contributed by atoms with Crippen LogP contribution in [0.2, 0.25) is 0 Å². The minimum Gasteiger partial charge on any atom is -0.355 e. The van der Waals surface area contributed by atoms with Gasteiger partial charge in [0.15, 0.2) is 0 Å². The van der Waals surface area contributed by atoms with E-state index in [2.05, 4.69) is 20.7 Å². The first-order valence-electron chi connectivity index (χ1n) is 6.81. The van der Waals surface area contributed by atoms with E-state index in [9.17, 15) is 4.79 Å². The predicted octanol–water partition coefficient (Wildman–Crippen LogP) is 0.848. The molecule has 20 heavy (non-hydrogen) atoms. The Balaban J connectivity index is 2.83. The Morgan fingerprint density at radius 3 is 2.70 bits per heavy atom. The molecule has 0 unspecified atom stereocenters. The van der Waals surface area contributed by atoms with Crippen LogP contribution >= 0.6 is 0 Å². The van der Waals surface area contributed by atoms with Crippen molar-refractivity contribution in [2.75, 3.05) is 30.5 Å². The first kappa shape index (κ1) is 16.2. The second-order valence-corrected chi connectivity index (χ2v) is 4.97. The maximum atomic E-state index is 11.7. The fraction of sp³-hybridized carbons (Fsp3) is 0.615. The summed E-state index contributed by atoms with van der Waals surface area (Å²) in [5.74, 6) is 7.48. The van der Waals surface area contributed by atoms with Gasteiger partial charge in [0.2, 0.25) is 5.91 Å². The largest absolute Gasteiger partial charge is 0.355 e. The van der Waals surface area contributed by atoms with E-state index in [1.807, 2.05) is 27.8 Å². The number of nitrogen functional groups attached to an aromatic ring is 1. The molecule has 4 N–H and O–H groups in total. The second kappa shape index (κ2) is 7.64. The maximum absolute atomic E-state index is 11.7. The molecule has 0 aliphatic rings. The Kier molecular flexibility index (Phi) is 6.17. The minimum absolute atomic E-state index is 0.0266. The summed E-state index contributed by atoms with van der Waals surface area (Å²) >= 11 is 0. The zero-order valence-electron chi connectivity index (χ0n) is 12.6. The lowest BCUT2D eigenvalue weighted by Gasteiger charge is -2.19. The molecule has 1 rings (SSSR count). The van der Waals surface area contributed by atoms with Gasteiger partial charge < -0.3 is 15.6 Å². The molecule has 0 aliphatic heterocycles. The quantitative estimate of drug-likeness (QED) is 0.506. The summed E-state index contributed by atoms with van der Waals surface area (Å²) in [6.45, 7) is 6.96. The molecule has 7 nitrogen and oxygen atoms in total. The molecule has 0 atom stereocenters. The Hall–Kier alpha value is -1.89. The van der Waals surface area contributed by atoms with E-state index in [1.165, 1.54) is 0 Å². The van der Waals surface area contributed by atoms with Gasteiger partial charge in [0, 0.05) is 25.6 Å². The summed E-state index contributed by atoms with van der Waals surface area (Å²) in [7, 11) is 1.82. The molecule has 0 aliphatic carbocycles. The number of carbonyl (C=O) groups is 1. The van der Waals surface area contributed by atoms with Crippen molar-refractivity contribution in [2.45, 2.75) is 33.1 Å². The van der Waals surface area contributed by atoms with E-state index in [0.717, 1.165) is 6.42 Å². The van der Waals surface area contributed by atoms with Gasteiger partial charge in [-0.15, -0.1) is 0 Å². The Morgan fingerprint density at radius 1 is 1.45 bits per heavy atom. The van der Waals surface area contributed by atoms with Crippen LogP contribution in [0.1, 0.15) is 38.9 Å². The van der Waals surface area contributed by atoms with Crippen LogP contribution in [0.15, 0.2) is 6.07 Å². The van der Waals surface area contributed by atoms with E-state index >= 15 is 0 Å². The number of hydrazine groups is 1. The molecule has 0 saturated carbocycles. The lowest BCUT2D eigenvalue weighted by Crippen LogP contribution is -2.36. The summed E-state index contributed by atoms with van der Waals surface area (Å²) in [6, 6.07) is 1.72. The van der Waals surface area contributed by atoms with Crippen molar-refractivity contribution in [3.63, 3.8) is 0 Å². The summed E-state index contributed by atoms with van der Waals surface area (Å²) in [5.41, 5.74) is 2.53. The number of hydrogen-bond acceptors (Lipinski definition) is 6. The van der Waals surface area contributed by atoms with Crippen molar-refractivity contribution >= 4 is 17.5 Å². The number of likely N-dealkylation sites (N-methyl/N-ethyl adjacent to an activating group) is 1. The molecule has 1 heterocycles. The Morgan fingerprint density at radius 2 is 2.15 bits per heavy atom. The Bertz CT molecular complexity index is 448. The van der Waals surface area contributed by atoms with Gasteiger partial charge in [0.05, 0.1) is 6.54 Å². The van der Waals surface area contributed by atoms with Crippen molar-refractivity contribution < 1.29 is 4.79 Å². The van der Waals surface area contributed by atoms with E-state index in [1.54, 1.807) is 11.0 Å². The zero-order chi connectivity index (χ0) is 15.1. The van der Waals surface area contributed by atoms with Crippen molar-refractivity contribution in [3.8, 4) is 0 Å². The van der Waals surface area contributed by atoms with Gasteiger partial charge in [-0.1, -0.05) is 20.8 Å². The SMILES string of the molecule is CCCNC(=O)CN(C)c1cc(NN)nc(C(C)C)n1. The molecule has 0 bridgehead atoms. The van der Waals surface area contributed by atoms with Crippen LogP contribution in [0.25, 0.3) is 0 Å². The first-order chi connectivity index (χ1) is 9.47. The third-order valence-electron chi connectivity index (χ3n) is 2.74. The van der Waals surface area contributed by atoms with Crippen LogP contribution in [0.4, 0.5) is 11.6 Å². The number of rotatable bonds is 7. The number of anilines is 2. The fourth-order valence-electron chi connectivity index (χ4n) is 1.60. The number of nitrogens with two attached hydrogens (primary N) is 1. The molecule has 0 fully saturated rings. The second-order valence-electron chi connectivity index (χ2n) is 4.97. The number of aromatic nitrogens is 2. The predicted molar refractivity (Wildman–Crippen MR) is 80.5 cm³/mol. The van der Waals surface area contributed by atoms with Crippen molar-refractivity contribution in [3.05, 3.63) is 11.9 Å². The molecule has 112 valence electrons. The van der Waals surface area contributed by atoms with E-state index < -0.39 is 0 Å².